The van der Waals surface area contributed by atoms with Crippen LogP contribution in [0, 0.1) is 23.7 Å². The normalized spacial score (nSPS) is 14.7. The molecule has 0 saturated carbocycles. The second kappa shape index (κ2) is 37.6. The summed E-state index contributed by atoms with van der Waals surface area (Å²) in [4.78, 5) is 126. The van der Waals surface area contributed by atoms with E-state index >= 15 is 0 Å². The molecule has 3 aromatic rings. The van der Waals surface area contributed by atoms with Crippen molar-refractivity contribution in [3.63, 3.8) is 0 Å². The molecule has 1 aliphatic carbocycles. The summed E-state index contributed by atoms with van der Waals surface area (Å²) in [6.07, 6.45) is 8.37. The summed E-state index contributed by atoms with van der Waals surface area (Å²) in [6, 6.07) is 17.4. The van der Waals surface area contributed by atoms with Gasteiger partial charge in [0.15, 0.2) is 0 Å². The van der Waals surface area contributed by atoms with Crippen molar-refractivity contribution < 1.29 is 62.1 Å². The molecule has 0 aromatic heterocycles. The van der Waals surface area contributed by atoms with Gasteiger partial charge in [0.05, 0.1) is 12.8 Å². The number of alkyl carbamates (subject to hydrolysis) is 1. The lowest BCUT2D eigenvalue weighted by atomic mass is 9.98. The molecule has 19 heteroatoms. The number of nitrogens with one attached hydrogen (secondary N) is 6. The quantitative estimate of drug-likeness (QED) is 0.0177. The SMILES string of the molecule is CCCCCCCCCCCC(CC(=O)OCc1ccccc1)OC(=O)[C@@H](NC(=O)[C@@H](C)NC(=O)[C@H](CC(=O)OC(C)(C)C)NC(=O)[C@@H](NC(=O)[C@@H](CC(C)C)NC(=O)[C@H](CC(C)C)NC(=O)OCC1c2ccccc2-c2ccccc21)C(C)C)[C@@H](C)CC. The first kappa shape index (κ1) is 74.2. The number of fused-ring (bicyclic) bond motifs is 3. The lowest BCUT2D eigenvalue weighted by molar-refractivity contribution is -0.160. The predicted molar refractivity (Wildman–Crippen MR) is 344 cm³/mol. The maximum Gasteiger partial charge on any atom is 0.407 e. The van der Waals surface area contributed by atoms with Crippen LogP contribution in [0.3, 0.4) is 0 Å². The van der Waals surface area contributed by atoms with Gasteiger partial charge in [0, 0.05) is 5.92 Å². The maximum atomic E-state index is 14.4. The lowest BCUT2D eigenvalue weighted by Crippen LogP contribution is -2.60. The Morgan fingerprint density at radius 2 is 1.01 bits per heavy atom. The molecule has 0 spiro atoms. The van der Waals surface area contributed by atoms with Crippen LogP contribution in [0.5, 0.6) is 0 Å². The van der Waals surface area contributed by atoms with E-state index in [1.165, 1.54) is 32.6 Å². The second-order valence-corrected chi connectivity index (χ2v) is 26.1. The molecule has 8 atom stereocenters. The molecule has 1 unspecified atom stereocenters. The van der Waals surface area contributed by atoms with Crippen LogP contribution in [0.4, 0.5) is 4.79 Å². The van der Waals surface area contributed by atoms with E-state index < -0.39 is 120 Å². The molecule has 0 fully saturated rings. The van der Waals surface area contributed by atoms with Gasteiger partial charge in [-0.05, 0) is 105 Å². The van der Waals surface area contributed by atoms with Gasteiger partial charge in [-0.1, -0.05) is 199 Å². The molecule has 0 heterocycles. The Bertz CT molecular complexity index is 2720. The Labute approximate surface area is 529 Å². The zero-order chi connectivity index (χ0) is 65.8. The summed E-state index contributed by atoms with van der Waals surface area (Å²) >= 11 is 0. The average Bonchev–Trinajstić information content (AvgIpc) is 1.94. The van der Waals surface area contributed by atoms with Gasteiger partial charge in [-0.25, -0.2) is 9.59 Å². The first-order valence-electron chi connectivity index (χ1n) is 32.5. The van der Waals surface area contributed by atoms with Crippen LogP contribution in [0.1, 0.15) is 209 Å². The van der Waals surface area contributed by atoms with Gasteiger partial charge in [0.25, 0.3) is 0 Å². The zero-order valence-corrected chi connectivity index (χ0v) is 55.3. The van der Waals surface area contributed by atoms with Gasteiger partial charge >= 0.3 is 24.0 Å². The van der Waals surface area contributed by atoms with Crippen LogP contribution in [0.25, 0.3) is 11.1 Å². The van der Waals surface area contributed by atoms with Crippen molar-refractivity contribution in [3.05, 3.63) is 95.6 Å². The molecular formula is C70H104N6O13. The Morgan fingerprint density at radius 1 is 0.506 bits per heavy atom. The minimum absolute atomic E-state index is 0.0255. The van der Waals surface area contributed by atoms with E-state index in [1.54, 1.807) is 41.5 Å². The highest BCUT2D eigenvalue weighted by Crippen LogP contribution is 2.44. The van der Waals surface area contributed by atoms with Crippen molar-refractivity contribution >= 4 is 53.5 Å². The number of carbonyl (C=O) groups is 9. The largest absolute Gasteiger partial charge is 0.461 e. The third-order valence-electron chi connectivity index (χ3n) is 15.7. The number of amides is 6. The fourth-order valence-electron chi connectivity index (χ4n) is 10.7. The van der Waals surface area contributed by atoms with Crippen LogP contribution >= 0.6 is 0 Å². The van der Waals surface area contributed by atoms with Crippen molar-refractivity contribution in [2.75, 3.05) is 6.61 Å². The Hall–Kier alpha value is -7.31. The number of ether oxygens (including phenoxy) is 4. The third kappa shape index (κ3) is 26.0. The topological polar surface area (TPSA) is 263 Å². The van der Waals surface area contributed by atoms with E-state index in [0.29, 0.717) is 19.3 Å². The highest BCUT2D eigenvalue weighted by atomic mass is 16.6. The molecule has 1 aliphatic rings. The molecule has 19 nitrogen and oxygen atoms in total. The third-order valence-corrected chi connectivity index (χ3v) is 15.7. The highest BCUT2D eigenvalue weighted by molar-refractivity contribution is 5.98. The Kier molecular flexibility index (Phi) is 31.4. The van der Waals surface area contributed by atoms with Crippen molar-refractivity contribution in [3.8, 4) is 11.1 Å². The molecule has 0 aliphatic heterocycles. The number of hydrogen-bond acceptors (Lipinski definition) is 13. The number of esters is 3. The molecule has 492 valence electrons. The average molecular weight is 1240 g/mol. The maximum absolute atomic E-state index is 14.4. The van der Waals surface area contributed by atoms with Crippen molar-refractivity contribution in [2.45, 2.75) is 247 Å². The number of carbonyl (C=O) groups excluding carboxylic acids is 9. The molecule has 4 rings (SSSR count). The highest BCUT2D eigenvalue weighted by Gasteiger charge is 2.38. The fraction of sp³-hybridized carbons (Fsp3) is 0.614. The van der Waals surface area contributed by atoms with Crippen molar-refractivity contribution in [1.82, 2.24) is 31.9 Å². The molecule has 0 radical (unpaired) electrons. The van der Waals surface area contributed by atoms with Gasteiger partial charge in [0.1, 0.15) is 61.2 Å². The van der Waals surface area contributed by atoms with E-state index in [9.17, 15) is 43.2 Å². The Morgan fingerprint density at radius 3 is 1.56 bits per heavy atom. The van der Waals surface area contributed by atoms with E-state index in [0.717, 1.165) is 53.5 Å². The first-order valence-corrected chi connectivity index (χ1v) is 32.5. The molecule has 6 amide bonds. The number of rotatable bonds is 38. The molecule has 0 bridgehead atoms. The minimum atomic E-state index is -1.63. The molecule has 3 aromatic carbocycles. The van der Waals surface area contributed by atoms with Gasteiger partial charge in [-0.3, -0.25) is 33.6 Å². The first-order chi connectivity index (χ1) is 42.2. The fourth-order valence-corrected chi connectivity index (χ4v) is 10.7. The van der Waals surface area contributed by atoms with Gasteiger partial charge in [0.2, 0.25) is 29.5 Å². The Balaban J connectivity index is 1.46. The molecule has 89 heavy (non-hydrogen) atoms. The van der Waals surface area contributed by atoms with Crippen LogP contribution < -0.4 is 31.9 Å². The monoisotopic (exact) mass is 1240 g/mol. The lowest BCUT2D eigenvalue weighted by Gasteiger charge is -2.29. The molecule has 0 saturated heterocycles. The van der Waals surface area contributed by atoms with E-state index in [4.69, 9.17) is 18.9 Å². The van der Waals surface area contributed by atoms with Crippen LogP contribution in [0.2, 0.25) is 0 Å². The molecular weight excluding hydrogens is 1130 g/mol. The summed E-state index contributed by atoms with van der Waals surface area (Å²) in [7, 11) is 0. The number of hydrogen-bond donors (Lipinski definition) is 6. The van der Waals surface area contributed by atoms with Crippen LogP contribution in [-0.2, 0) is 63.9 Å². The summed E-state index contributed by atoms with van der Waals surface area (Å²) < 4.78 is 23.0. The standard InChI is InChI=1S/C70H104N6O13/c1-14-16-17-18-19-20-21-22-26-33-50(40-59(77)86-42-49-31-24-23-25-32-49)88-68(84)62(47(9)15-2)76-63(79)48(10)71-64(80)58(41-60(78)89-70(11,12)13)73-67(83)61(46(7)8)75-66(82)56(38-44(3)4)72-65(81)57(39-45(5)6)74-69(85)87-43-55-53-36-29-27-34-51(53)52-35-28-30-37-54(52)55/h23-25,27-32,34-37,44-48,50,55-58,61-62H,14-22,26,33,38-43H2,1-13H3,(H,71,80)(H,72,81)(H,73,83)(H,74,85)(H,75,82)(H,76,79)/t47-,48+,50?,56+,57-,58-,61-,62-/m0/s1. The van der Waals surface area contributed by atoms with E-state index in [-0.39, 0.29) is 50.2 Å². The summed E-state index contributed by atoms with van der Waals surface area (Å²) in [5, 5.41) is 16.3. The number of benzene rings is 3. The van der Waals surface area contributed by atoms with E-state index in [2.05, 4.69) is 38.8 Å². The van der Waals surface area contributed by atoms with E-state index in [1.807, 2.05) is 113 Å². The van der Waals surface area contributed by atoms with Crippen LogP contribution in [0.15, 0.2) is 78.9 Å². The second-order valence-electron chi connectivity index (χ2n) is 26.1. The number of unbranched alkanes of at least 4 members (excludes halogenated alkanes) is 8. The van der Waals surface area contributed by atoms with Crippen LogP contribution in [-0.4, -0.2) is 108 Å². The summed E-state index contributed by atoms with van der Waals surface area (Å²) in [6.45, 7) is 23.0. The minimum Gasteiger partial charge on any atom is -0.461 e. The van der Waals surface area contributed by atoms with Crippen molar-refractivity contribution in [1.29, 1.82) is 0 Å². The summed E-state index contributed by atoms with van der Waals surface area (Å²) in [5.74, 6) is -7.49. The van der Waals surface area contributed by atoms with Crippen molar-refractivity contribution in [2.24, 2.45) is 23.7 Å². The van der Waals surface area contributed by atoms with Gasteiger partial charge in [-0.2, -0.15) is 0 Å². The molecule has 6 N–H and O–H groups in total. The summed E-state index contributed by atoms with van der Waals surface area (Å²) in [5.41, 5.74) is 4.02. The van der Waals surface area contributed by atoms with Gasteiger partial charge < -0.3 is 50.8 Å². The van der Waals surface area contributed by atoms with Gasteiger partial charge in [-0.15, -0.1) is 0 Å². The predicted octanol–water partition coefficient (Wildman–Crippen LogP) is 10.8. The zero-order valence-electron chi connectivity index (χ0n) is 55.3. The smallest absolute Gasteiger partial charge is 0.407 e.